The maximum atomic E-state index is 11.8. The third-order valence-corrected chi connectivity index (χ3v) is 3.20. The third-order valence-electron chi connectivity index (χ3n) is 2.71. The van der Waals surface area contributed by atoms with Crippen LogP contribution in [0.1, 0.15) is 10.4 Å². The van der Waals surface area contributed by atoms with Gasteiger partial charge >= 0.3 is 0 Å². The van der Waals surface area contributed by atoms with E-state index in [0.29, 0.717) is 17.8 Å². The fourth-order valence-electron chi connectivity index (χ4n) is 1.79. The maximum Gasteiger partial charge on any atom is 0.299 e. The van der Waals surface area contributed by atoms with Crippen molar-refractivity contribution in [1.29, 1.82) is 0 Å². The molecule has 0 spiro atoms. The Kier molecular flexibility index (Phi) is 3.31. The summed E-state index contributed by atoms with van der Waals surface area (Å²) in [6.45, 7) is 1.26. The largest absolute Gasteiger partial charge is 0.308 e. The number of anilines is 1. The minimum atomic E-state index is -0.431. The summed E-state index contributed by atoms with van der Waals surface area (Å²) in [7, 11) is 3.87. The second kappa shape index (κ2) is 4.58. The minimum Gasteiger partial charge on any atom is -0.308 e. The number of rotatable bonds is 3. The number of amides is 1. The fraction of sp³-hybridized carbons (Fsp3) is 0.333. The molecule has 90 valence electrons. The van der Waals surface area contributed by atoms with Crippen LogP contribution in [0.4, 0.5) is 5.69 Å². The summed E-state index contributed by atoms with van der Waals surface area (Å²) in [5.41, 5.74) is 1.20. The second-order valence-electron chi connectivity index (χ2n) is 4.25. The molecule has 0 bridgehead atoms. The van der Waals surface area contributed by atoms with Crippen LogP contribution < -0.4 is 4.90 Å². The minimum absolute atomic E-state index is 0.411. The number of halogens is 1. The van der Waals surface area contributed by atoms with Crippen molar-refractivity contribution in [3.8, 4) is 0 Å². The topological polar surface area (TPSA) is 40.6 Å². The predicted molar refractivity (Wildman–Crippen MR) is 69.4 cm³/mol. The van der Waals surface area contributed by atoms with Crippen molar-refractivity contribution in [3.05, 3.63) is 28.2 Å². The summed E-state index contributed by atoms with van der Waals surface area (Å²) < 4.78 is 0.869. The highest BCUT2D eigenvalue weighted by molar-refractivity contribution is 9.10. The Morgan fingerprint density at radius 3 is 2.65 bits per heavy atom. The van der Waals surface area contributed by atoms with Gasteiger partial charge in [0.2, 0.25) is 0 Å². The number of hydrogen-bond donors (Lipinski definition) is 0. The quantitative estimate of drug-likeness (QED) is 0.795. The normalized spacial score (nSPS) is 14.7. The predicted octanol–water partition coefficient (Wildman–Crippen LogP) is 1.54. The maximum absolute atomic E-state index is 11.8. The lowest BCUT2D eigenvalue weighted by Crippen LogP contribution is -2.35. The summed E-state index contributed by atoms with van der Waals surface area (Å²) in [6.07, 6.45) is 0. The Morgan fingerprint density at radius 2 is 2.00 bits per heavy atom. The standard InChI is InChI=1S/C12H13BrN2O2/c1-14(2)5-6-15-10-7-8(13)3-4-9(10)11(16)12(15)17/h3-4,7H,5-6H2,1-2H3. The molecule has 1 aliphatic rings. The van der Waals surface area contributed by atoms with E-state index >= 15 is 0 Å². The van der Waals surface area contributed by atoms with Crippen LogP contribution in [0.25, 0.3) is 0 Å². The first-order valence-corrected chi connectivity index (χ1v) is 6.10. The molecule has 2 rings (SSSR count). The van der Waals surface area contributed by atoms with Crippen LogP contribution in [0.15, 0.2) is 22.7 Å². The van der Waals surface area contributed by atoms with Crippen molar-refractivity contribution in [3.63, 3.8) is 0 Å². The second-order valence-corrected chi connectivity index (χ2v) is 5.17. The number of nitrogens with zero attached hydrogens (tertiary/aromatic N) is 2. The summed E-state index contributed by atoms with van der Waals surface area (Å²) in [5.74, 6) is -0.841. The van der Waals surface area contributed by atoms with Crippen LogP contribution in [-0.4, -0.2) is 43.8 Å². The van der Waals surface area contributed by atoms with Gasteiger partial charge in [-0.25, -0.2) is 0 Å². The lowest BCUT2D eigenvalue weighted by atomic mass is 10.1. The zero-order valence-corrected chi connectivity index (χ0v) is 11.3. The van der Waals surface area contributed by atoms with E-state index in [4.69, 9.17) is 0 Å². The smallest absolute Gasteiger partial charge is 0.299 e. The molecule has 1 aliphatic heterocycles. The Labute approximate surface area is 108 Å². The fourth-order valence-corrected chi connectivity index (χ4v) is 2.14. The van der Waals surface area contributed by atoms with Crippen molar-refractivity contribution in [2.24, 2.45) is 0 Å². The number of carbonyl (C=O) groups excluding carboxylic acids is 2. The lowest BCUT2D eigenvalue weighted by Gasteiger charge is -2.19. The van der Waals surface area contributed by atoms with Crippen LogP contribution in [0, 0.1) is 0 Å². The van der Waals surface area contributed by atoms with Crippen molar-refractivity contribution in [1.82, 2.24) is 4.90 Å². The highest BCUT2D eigenvalue weighted by Crippen LogP contribution is 2.31. The molecule has 17 heavy (non-hydrogen) atoms. The van der Waals surface area contributed by atoms with Crippen LogP contribution >= 0.6 is 15.9 Å². The van der Waals surface area contributed by atoms with E-state index in [1.807, 2.05) is 25.1 Å². The third kappa shape index (κ3) is 2.25. The molecule has 0 N–H and O–H groups in total. The van der Waals surface area contributed by atoms with Gasteiger partial charge in [0, 0.05) is 17.6 Å². The van der Waals surface area contributed by atoms with Crippen molar-refractivity contribution < 1.29 is 9.59 Å². The van der Waals surface area contributed by atoms with E-state index in [1.54, 1.807) is 17.0 Å². The van der Waals surface area contributed by atoms with Crippen molar-refractivity contribution in [2.75, 3.05) is 32.1 Å². The van der Waals surface area contributed by atoms with Gasteiger partial charge < -0.3 is 9.80 Å². The van der Waals surface area contributed by atoms with Gasteiger partial charge in [-0.3, -0.25) is 9.59 Å². The first-order chi connectivity index (χ1) is 8.00. The van der Waals surface area contributed by atoms with E-state index in [9.17, 15) is 9.59 Å². The number of hydrogen-bond acceptors (Lipinski definition) is 3. The Morgan fingerprint density at radius 1 is 1.29 bits per heavy atom. The lowest BCUT2D eigenvalue weighted by molar-refractivity contribution is -0.114. The van der Waals surface area contributed by atoms with Gasteiger partial charge in [-0.05, 0) is 32.3 Å². The molecule has 0 atom stereocenters. The van der Waals surface area contributed by atoms with Gasteiger partial charge in [-0.15, -0.1) is 0 Å². The Hall–Kier alpha value is -1.20. The molecule has 0 unspecified atom stereocenters. The molecule has 5 heteroatoms. The number of ketones is 1. The highest BCUT2D eigenvalue weighted by atomic mass is 79.9. The van der Waals surface area contributed by atoms with Gasteiger partial charge in [0.1, 0.15) is 0 Å². The van der Waals surface area contributed by atoms with Gasteiger partial charge in [0.05, 0.1) is 11.3 Å². The molecule has 4 nitrogen and oxygen atoms in total. The number of fused-ring (bicyclic) bond motifs is 1. The first-order valence-electron chi connectivity index (χ1n) is 5.31. The number of benzene rings is 1. The summed E-state index contributed by atoms with van der Waals surface area (Å²) in [5, 5.41) is 0. The molecule has 0 aliphatic carbocycles. The van der Waals surface area contributed by atoms with Crippen LogP contribution in [0.2, 0.25) is 0 Å². The van der Waals surface area contributed by atoms with Gasteiger partial charge in [0.25, 0.3) is 11.7 Å². The molecule has 1 aromatic rings. The molecule has 0 fully saturated rings. The summed E-state index contributed by atoms with van der Waals surface area (Å²) in [6, 6.07) is 5.28. The highest BCUT2D eigenvalue weighted by Gasteiger charge is 2.35. The SMILES string of the molecule is CN(C)CCN1C(=O)C(=O)c2ccc(Br)cc21. The van der Waals surface area contributed by atoms with Crippen LogP contribution in [0.5, 0.6) is 0 Å². The molecule has 0 saturated carbocycles. The van der Waals surface area contributed by atoms with Gasteiger partial charge in [-0.1, -0.05) is 15.9 Å². The molecule has 0 saturated heterocycles. The number of carbonyl (C=O) groups is 2. The van der Waals surface area contributed by atoms with Gasteiger partial charge in [-0.2, -0.15) is 0 Å². The molecule has 1 aromatic carbocycles. The molecule has 1 heterocycles. The van der Waals surface area contributed by atoms with E-state index in [-0.39, 0.29) is 0 Å². The van der Waals surface area contributed by atoms with Crippen molar-refractivity contribution >= 4 is 33.3 Å². The average Bonchev–Trinajstić information content (AvgIpc) is 2.49. The van der Waals surface area contributed by atoms with Crippen LogP contribution in [-0.2, 0) is 4.79 Å². The zero-order chi connectivity index (χ0) is 12.6. The number of likely N-dealkylation sites (N-methyl/N-ethyl adjacent to an activating group) is 1. The van der Waals surface area contributed by atoms with Crippen molar-refractivity contribution in [2.45, 2.75) is 0 Å². The molecular formula is C12H13BrN2O2. The van der Waals surface area contributed by atoms with Gasteiger partial charge in [0.15, 0.2) is 0 Å². The molecular weight excluding hydrogens is 284 g/mol. The van der Waals surface area contributed by atoms with E-state index in [0.717, 1.165) is 11.0 Å². The Bertz CT molecular complexity index is 485. The molecule has 0 aromatic heterocycles. The average molecular weight is 297 g/mol. The number of Topliss-reactive ketones (excluding diaryl/α,β-unsaturated/α-hetero) is 1. The monoisotopic (exact) mass is 296 g/mol. The summed E-state index contributed by atoms with van der Waals surface area (Å²) >= 11 is 3.35. The first kappa shape index (κ1) is 12.3. The van der Waals surface area contributed by atoms with E-state index in [1.165, 1.54) is 0 Å². The molecule has 0 radical (unpaired) electrons. The zero-order valence-electron chi connectivity index (χ0n) is 9.74. The summed E-state index contributed by atoms with van der Waals surface area (Å²) in [4.78, 5) is 27.1. The van der Waals surface area contributed by atoms with Crippen LogP contribution in [0.3, 0.4) is 0 Å². The Balaban J connectivity index is 2.33. The van der Waals surface area contributed by atoms with E-state index < -0.39 is 11.7 Å². The molecule has 1 amide bonds. The van der Waals surface area contributed by atoms with E-state index in [2.05, 4.69) is 15.9 Å².